The molecule has 0 unspecified atom stereocenters. The van der Waals surface area contributed by atoms with Crippen LogP contribution in [0.1, 0.15) is 22.5 Å². The maximum absolute atomic E-state index is 13.3. The molecule has 0 saturated carbocycles. The molecule has 3 aromatic rings. The van der Waals surface area contributed by atoms with Gasteiger partial charge in [0.15, 0.2) is 5.11 Å². The number of rotatable bonds is 5. The smallest absolute Gasteiger partial charge is 0.270 e. The number of thiocarbonyl (C=S) groups is 1. The lowest BCUT2D eigenvalue weighted by atomic mass is 10.1. The highest BCUT2D eigenvalue weighted by Crippen LogP contribution is 2.29. The van der Waals surface area contributed by atoms with Crippen LogP contribution in [0.2, 0.25) is 0 Å². The minimum Gasteiger partial charge on any atom is -0.497 e. The molecule has 1 aliphatic rings. The summed E-state index contributed by atoms with van der Waals surface area (Å²) in [6, 6.07) is 13.3. The van der Waals surface area contributed by atoms with Gasteiger partial charge in [0.1, 0.15) is 11.3 Å². The molecular formula is C25H22N4O5S. The molecule has 0 atom stereocenters. The van der Waals surface area contributed by atoms with Gasteiger partial charge in [0.25, 0.3) is 17.5 Å². The van der Waals surface area contributed by atoms with Crippen LogP contribution in [0.25, 0.3) is 11.8 Å². The molecule has 4 rings (SSSR count). The first kappa shape index (κ1) is 23.8. The third-order valence-electron chi connectivity index (χ3n) is 5.83. The molecule has 1 fully saturated rings. The van der Waals surface area contributed by atoms with Crippen molar-refractivity contribution < 1.29 is 19.2 Å². The van der Waals surface area contributed by atoms with Gasteiger partial charge < -0.3 is 9.30 Å². The number of benzene rings is 2. The van der Waals surface area contributed by atoms with Gasteiger partial charge in [-0.3, -0.25) is 29.9 Å². The van der Waals surface area contributed by atoms with Gasteiger partial charge in [-0.15, -0.1) is 0 Å². The highest BCUT2D eigenvalue weighted by Gasteiger charge is 2.34. The molecule has 0 radical (unpaired) electrons. The summed E-state index contributed by atoms with van der Waals surface area (Å²) in [7, 11) is 1.54. The standard InChI is InChI=1S/C25H22N4O5S/c1-14-11-19(29(32)33)7-10-22(14)27-15(2)12-17(16(27)3)13-21-23(30)26-25(35)28(24(21)31)18-5-8-20(34-4)9-6-18/h5-13H,1-4H3,(H,26,30,35)/b21-13+. The van der Waals surface area contributed by atoms with E-state index < -0.39 is 16.7 Å². The summed E-state index contributed by atoms with van der Waals surface area (Å²) in [5.41, 5.74) is 4.23. The fourth-order valence-electron chi connectivity index (χ4n) is 4.09. The molecule has 2 amide bonds. The number of nitro groups is 1. The number of carbonyl (C=O) groups excluding carboxylic acids is 2. The molecule has 0 spiro atoms. The highest BCUT2D eigenvalue weighted by molar-refractivity contribution is 7.80. The van der Waals surface area contributed by atoms with Crippen molar-refractivity contribution in [3.8, 4) is 11.4 Å². The van der Waals surface area contributed by atoms with Gasteiger partial charge in [0.05, 0.1) is 17.7 Å². The number of amides is 2. The van der Waals surface area contributed by atoms with E-state index in [-0.39, 0.29) is 16.4 Å². The topological polar surface area (TPSA) is 107 Å². The summed E-state index contributed by atoms with van der Waals surface area (Å²) in [4.78, 5) is 38.0. The first-order valence-corrected chi connectivity index (χ1v) is 11.0. The SMILES string of the molecule is COc1ccc(N2C(=O)/C(=C/c3cc(C)n(-c4ccc([N+](=O)[O-])cc4C)c3C)C(=O)NC2=S)cc1. The molecule has 1 aromatic heterocycles. The van der Waals surface area contributed by atoms with E-state index in [4.69, 9.17) is 17.0 Å². The number of carbonyl (C=O) groups is 2. The van der Waals surface area contributed by atoms with Gasteiger partial charge in [-0.1, -0.05) is 0 Å². The largest absolute Gasteiger partial charge is 0.497 e. The van der Waals surface area contributed by atoms with Gasteiger partial charge in [0, 0.05) is 29.2 Å². The first-order valence-electron chi connectivity index (χ1n) is 10.6. The van der Waals surface area contributed by atoms with E-state index in [1.54, 1.807) is 44.4 Å². The van der Waals surface area contributed by atoms with E-state index in [9.17, 15) is 19.7 Å². The third kappa shape index (κ3) is 4.31. The second-order valence-corrected chi connectivity index (χ2v) is 8.43. The lowest BCUT2D eigenvalue weighted by molar-refractivity contribution is -0.384. The number of nitro benzene ring substituents is 1. The number of anilines is 1. The Bertz CT molecular complexity index is 1420. The van der Waals surface area contributed by atoms with Crippen molar-refractivity contribution >= 4 is 46.6 Å². The Balaban J connectivity index is 1.74. The number of hydrogen-bond acceptors (Lipinski definition) is 6. The van der Waals surface area contributed by atoms with E-state index in [2.05, 4.69) is 5.32 Å². The average molecular weight is 491 g/mol. The number of aryl methyl sites for hydroxylation is 2. The maximum Gasteiger partial charge on any atom is 0.270 e. The molecule has 35 heavy (non-hydrogen) atoms. The van der Waals surface area contributed by atoms with Gasteiger partial charge >= 0.3 is 0 Å². The van der Waals surface area contributed by atoms with E-state index in [1.165, 1.54) is 23.1 Å². The van der Waals surface area contributed by atoms with Gasteiger partial charge in [0.2, 0.25) is 0 Å². The fourth-order valence-corrected chi connectivity index (χ4v) is 4.37. The van der Waals surface area contributed by atoms with Crippen molar-refractivity contribution in [2.24, 2.45) is 0 Å². The summed E-state index contributed by atoms with van der Waals surface area (Å²) in [6.45, 7) is 5.54. The molecule has 1 N–H and O–H groups in total. The molecule has 10 heteroatoms. The van der Waals surface area contributed by atoms with Crippen LogP contribution in [-0.2, 0) is 9.59 Å². The Morgan fingerprint density at radius 1 is 1.06 bits per heavy atom. The second-order valence-electron chi connectivity index (χ2n) is 8.05. The molecule has 178 valence electrons. The fraction of sp³-hybridized carbons (Fsp3) is 0.160. The van der Waals surface area contributed by atoms with Crippen molar-refractivity contribution in [2.45, 2.75) is 20.8 Å². The van der Waals surface area contributed by atoms with Crippen molar-refractivity contribution in [1.82, 2.24) is 9.88 Å². The predicted octanol–water partition coefficient (Wildman–Crippen LogP) is 4.15. The Hall–Kier alpha value is -4.31. The molecule has 1 aliphatic heterocycles. The zero-order chi connectivity index (χ0) is 25.4. The van der Waals surface area contributed by atoms with Crippen LogP contribution in [-0.4, -0.2) is 33.5 Å². The minimum atomic E-state index is -0.582. The summed E-state index contributed by atoms with van der Waals surface area (Å²) < 4.78 is 7.10. The van der Waals surface area contributed by atoms with Gasteiger partial charge in [-0.05, 0) is 86.6 Å². The lowest BCUT2D eigenvalue weighted by Crippen LogP contribution is -2.54. The van der Waals surface area contributed by atoms with Crippen LogP contribution in [0.15, 0.2) is 54.1 Å². The number of hydrogen-bond donors (Lipinski definition) is 1. The zero-order valence-electron chi connectivity index (χ0n) is 19.5. The Morgan fingerprint density at radius 2 is 1.74 bits per heavy atom. The average Bonchev–Trinajstić information content (AvgIpc) is 3.09. The van der Waals surface area contributed by atoms with E-state index in [1.807, 2.05) is 24.5 Å². The number of nitrogens with zero attached hydrogens (tertiary/aromatic N) is 3. The minimum absolute atomic E-state index is 0.00528. The molecule has 0 aliphatic carbocycles. The Labute approximate surface area is 206 Å². The van der Waals surface area contributed by atoms with Crippen molar-refractivity contribution in [2.75, 3.05) is 12.0 Å². The number of aromatic nitrogens is 1. The molecular weight excluding hydrogens is 468 g/mol. The van der Waals surface area contributed by atoms with E-state index in [0.29, 0.717) is 17.0 Å². The third-order valence-corrected chi connectivity index (χ3v) is 6.12. The van der Waals surface area contributed by atoms with Crippen molar-refractivity contribution in [3.05, 3.63) is 86.7 Å². The summed E-state index contributed by atoms with van der Waals surface area (Å²) in [5, 5.41) is 13.7. The lowest BCUT2D eigenvalue weighted by Gasteiger charge is -2.29. The molecule has 9 nitrogen and oxygen atoms in total. The van der Waals surface area contributed by atoms with Crippen LogP contribution >= 0.6 is 12.2 Å². The molecule has 1 saturated heterocycles. The van der Waals surface area contributed by atoms with Crippen molar-refractivity contribution in [3.63, 3.8) is 0 Å². The van der Waals surface area contributed by atoms with Crippen molar-refractivity contribution in [1.29, 1.82) is 0 Å². The summed E-state index contributed by atoms with van der Waals surface area (Å²) in [5.74, 6) is -0.501. The maximum atomic E-state index is 13.3. The van der Waals surface area contributed by atoms with Crippen LogP contribution in [0.3, 0.4) is 0 Å². The summed E-state index contributed by atoms with van der Waals surface area (Å²) in [6.07, 6.45) is 1.54. The molecule has 2 heterocycles. The number of methoxy groups -OCH3 is 1. The zero-order valence-corrected chi connectivity index (χ0v) is 20.3. The monoisotopic (exact) mass is 490 g/mol. The predicted molar refractivity (Wildman–Crippen MR) is 136 cm³/mol. The highest BCUT2D eigenvalue weighted by atomic mass is 32.1. The van der Waals surface area contributed by atoms with E-state index >= 15 is 0 Å². The molecule has 0 bridgehead atoms. The number of ether oxygens (including phenoxy) is 1. The number of nitrogens with one attached hydrogen (secondary N) is 1. The Morgan fingerprint density at radius 3 is 2.34 bits per heavy atom. The first-order chi connectivity index (χ1) is 16.6. The molecule has 2 aromatic carbocycles. The van der Waals surface area contributed by atoms with Crippen LogP contribution in [0.4, 0.5) is 11.4 Å². The normalized spacial score (nSPS) is 14.9. The number of non-ortho nitro benzene ring substituents is 1. The summed E-state index contributed by atoms with van der Waals surface area (Å²) >= 11 is 5.26. The van der Waals surface area contributed by atoms with Crippen LogP contribution < -0.4 is 15.0 Å². The quantitative estimate of drug-likeness (QED) is 0.189. The second kappa shape index (κ2) is 9.15. The van der Waals surface area contributed by atoms with Crippen LogP contribution in [0.5, 0.6) is 5.75 Å². The Kier molecular flexibility index (Phi) is 6.23. The van der Waals surface area contributed by atoms with Gasteiger partial charge in [-0.25, -0.2) is 0 Å². The van der Waals surface area contributed by atoms with Gasteiger partial charge in [-0.2, -0.15) is 0 Å². The van der Waals surface area contributed by atoms with Crippen LogP contribution in [0, 0.1) is 30.9 Å². The van der Waals surface area contributed by atoms with E-state index in [0.717, 1.165) is 22.6 Å².